The van der Waals surface area contributed by atoms with Crippen LogP contribution in [0.4, 0.5) is 5.69 Å². The van der Waals surface area contributed by atoms with Crippen molar-refractivity contribution in [3.8, 4) is 5.75 Å². The maximum Gasteiger partial charge on any atom is 0.264 e. The minimum atomic E-state index is -4.13. The van der Waals surface area contributed by atoms with Gasteiger partial charge in [0.1, 0.15) is 18.3 Å². The summed E-state index contributed by atoms with van der Waals surface area (Å²) in [5.74, 6) is -0.242. The van der Waals surface area contributed by atoms with E-state index in [0.29, 0.717) is 16.5 Å². The first kappa shape index (κ1) is 30.4. The molecule has 2 amide bonds. The Balaban J connectivity index is 1.67. The molecule has 1 aliphatic carbocycles. The van der Waals surface area contributed by atoms with Crippen molar-refractivity contribution in [2.24, 2.45) is 0 Å². The molecule has 4 rings (SSSR count). The number of sulfonamides is 1. The van der Waals surface area contributed by atoms with Crippen molar-refractivity contribution in [2.75, 3.05) is 18.0 Å². The maximum atomic E-state index is 14.0. The standard InChI is InChI=1S/C31H36ClN3O5S/c1-23(31(37)33-26-12-5-3-6-13-26)34(21-24-10-9-11-25(32)20-24)30(36)22-35(27-16-18-28(40-2)19-17-27)41(38,39)29-14-7-4-8-15-29/h4,7-11,14-20,23,26H,3,5-6,12-13,21-22H2,1-2H3,(H,33,37)/t23-/m1/s1. The normalized spacial score (nSPS) is 14.6. The average molecular weight is 598 g/mol. The molecule has 1 fully saturated rings. The van der Waals surface area contributed by atoms with E-state index in [1.165, 1.54) is 24.1 Å². The van der Waals surface area contributed by atoms with Crippen LogP contribution in [0.25, 0.3) is 0 Å². The van der Waals surface area contributed by atoms with E-state index in [2.05, 4.69) is 5.32 Å². The van der Waals surface area contributed by atoms with Gasteiger partial charge in [-0.25, -0.2) is 8.42 Å². The molecular formula is C31H36ClN3O5S. The number of hydrogen-bond acceptors (Lipinski definition) is 5. The molecule has 1 saturated carbocycles. The number of ether oxygens (including phenoxy) is 1. The molecule has 1 N–H and O–H groups in total. The summed E-state index contributed by atoms with van der Waals surface area (Å²) in [6.45, 7) is 1.25. The Hall–Kier alpha value is -3.56. The number of benzene rings is 3. The van der Waals surface area contributed by atoms with E-state index in [1.807, 2.05) is 6.07 Å². The Morgan fingerprint density at radius 3 is 2.29 bits per heavy atom. The number of nitrogens with zero attached hydrogens (tertiary/aromatic N) is 2. The molecule has 3 aromatic rings. The SMILES string of the molecule is COc1ccc(N(CC(=O)N(Cc2cccc(Cl)c2)[C@H](C)C(=O)NC2CCCCC2)S(=O)(=O)c2ccccc2)cc1. The van der Waals surface area contributed by atoms with E-state index in [4.69, 9.17) is 16.3 Å². The predicted molar refractivity (Wildman–Crippen MR) is 160 cm³/mol. The van der Waals surface area contributed by atoms with E-state index in [9.17, 15) is 18.0 Å². The second-order valence-corrected chi connectivity index (χ2v) is 12.5. The molecule has 0 heterocycles. The van der Waals surface area contributed by atoms with Gasteiger partial charge in [0, 0.05) is 17.6 Å². The molecule has 0 saturated heterocycles. The van der Waals surface area contributed by atoms with Crippen molar-refractivity contribution >= 4 is 39.1 Å². The maximum absolute atomic E-state index is 14.0. The molecule has 0 spiro atoms. The number of carbonyl (C=O) groups excluding carboxylic acids is 2. The topological polar surface area (TPSA) is 96.0 Å². The van der Waals surface area contributed by atoms with E-state index < -0.39 is 28.5 Å². The highest BCUT2D eigenvalue weighted by molar-refractivity contribution is 7.92. The van der Waals surface area contributed by atoms with Crippen molar-refractivity contribution in [1.29, 1.82) is 0 Å². The van der Waals surface area contributed by atoms with Crippen molar-refractivity contribution in [3.05, 3.63) is 89.4 Å². The predicted octanol–water partition coefficient (Wildman–Crippen LogP) is 5.41. The molecule has 1 atom stereocenters. The van der Waals surface area contributed by atoms with Gasteiger partial charge in [0.25, 0.3) is 10.0 Å². The van der Waals surface area contributed by atoms with Crippen LogP contribution < -0.4 is 14.4 Å². The first-order chi connectivity index (χ1) is 19.7. The fourth-order valence-corrected chi connectivity index (χ4v) is 6.63. The van der Waals surface area contributed by atoms with Crippen molar-refractivity contribution < 1.29 is 22.7 Å². The van der Waals surface area contributed by atoms with Crippen LogP contribution in [0, 0.1) is 0 Å². The van der Waals surface area contributed by atoms with Crippen molar-refractivity contribution in [2.45, 2.75) is 62.6 Å². The number of hydrogen-bond donors (Lipinski definition) is 1. The number of anilines is 1. The fourth-order valence-electron chi connectivity index (χ4n) is 4.98. The monoisotopic (exact) mass is 597 g/mol. The van der Waals surface area contributed by atoms with Crippen molar-refractivity contribution in [3.63, 3.8) is 0 Å². The third-order valence-electron chi connectivity index (χ3n) is 7.33. The molecule has 8 nitrogen and oxygen atoms in total. The average Bonchev–Trinajstić information content (AvgIpc) is 2.99. The number of methoxy groups -OCH3 is 1. The van der Waals surface area contributed by atoms with Crippen LogP contribution in [0.5, 0.6) is 5.75 Å². The lowest BCUT2D eigenvalue weighted by Gasteiger charge is -2.33. The number of halogens is 1. The van der Waals surface area contributed by atoms with Crippen molar-refractivity contribution in [1.82, 2.24) is 10.2 Å². The van der Waals surface area contributed by atoms with Crippen LogP contribution in [0.15, 0.2) is 83.8 Å². The number of nitrogens with one attached hydrogen (secondary N) is 1. The Morgan fingerprint density at radius 1 is 0.976 bits per heavy atom. The van der Waals surface area contributed by atoms with Gasteiger partial charge >= 0.3 is 0 Å². The zero-order valence-corrected chi connectivity index (χ0v) is 24.9. The third kappa shape index (κ3) is 7.80. The highest BCUT2D eigenvalue weighted by atomic mass is 35.5. The van der Waals surface area contributed by atoms with Crippen LogP contribution in [-0.2, 0) is 26.2 Å². The molecular weight excluding hydrogens is 562 g/mol. The summed E-state index contributed by atoms with van der Waals surface area (Å²) in [7, 11) is -2.61. The summed E-state index contributed by atoms with van der Waals surface area (Å²) < 4.78 is 34.0. The second-order valence-electron chi connectivity index (χ2n) is 10.2. The summed E-state index contributed by atoms with van der Waals surface area (Å²) in [4.78, 5) is 28.9. The van der Waals surface area contributed by atoms with Gasteiger partial charge in [-0.15, -0.1) is 0 Å². The molecule has 3 aromatic carbocycles. The van der Waals surface area contributed by atoms with E-state index in [-0.39, 0.29) is 23.4 Å². The lowest BCUT2D eigenvalue weighted by Crippen LogP contribution is -2.53. The molecule has 0 aromatic heterocycles. The van der Waals surface area contributed by atoms with E-state index in [1.54, 1.807) is 67.6 Å². The van der Waals surface area contributed by atoms with Gasteiger partial charge in [-0.2, -0.15) is 0 Å². The van der Waals surface area contributed by atoms with Crippen LogP contribution in [0.2, 0.25) is 5.02 Å². The lowest BCUT2D eigenvalue weighted by molar-refractivity contribution is -0.139. The minimum Gasteiger partial charge on any atom is -0.497 e. The number of rotatable bonds is 11. The molecule has 0 aliphatic heterocycles. The molecule has 0 unspecified atom stereocenters. The van der Waals surface area contributed by atoms with Gasteiger partial charge < -0.3 is 15.0 Å². The summed E-state index contributed by atoms with van der Waals surface area (Å²) in [6, 6.07) is 20.7. The first-order valence-electron chi connectivity index (χ1n) is 13.7. The number of carbonyl (C=O) groups is 2. The van der Waals surface area contributed by atoms with Crippen LogP contribution in [0.3, 0.4) is 0 Å². The van der Waals surface area contributed by atoms with Crippen LogP contribution in [0.1, 0.15) is 44.6 Å². The van der Waals surface area contributed by atoms with Gasteiger partial charge in [-0.3, -0.25) is 13.9 Å². The molecule has 41 heavy (non-hydrogen) atoms. The largest absolute Gasteiger partial charge is 0.497 e. The molecule has 0 bridgehead atoms. The Kier molecular flexibility index (Phi) is 10.3. The second kappa shape index (κ2) is 13.9. The highest BCUT2D eigenvalue weighted by Crippen LogP contribution is 2.27. The van der Waals surface area contributed by atoms with Crippen LogP contribution >= 0.6 is 11.6 Å². The first-order valence-corrected chi connectivity index (χ1v) is 15.6. The smallest absolute Gasteiger partial charge is 0.264 e. The Labute approximate surface area is 247 Å². The van der Waals surface area contributed by atoms with Crippen LogP contribution in [-0.4, -0.2) is 50.9 Å². The molecule has 0 radical (unpaired) electrons. The number of amides is 2. The highest BCUT2D eigenvalue weighted by Gasteiger charge is 2.33. The Bertz CT molecular complexity index is 1430. The lowest BCUT2D eigenvalue weighted by atomic mass is 9.95. The summed E-state index contributed by atoms with van der Waals surface area (Å²) >= 11 is 6.22. The quantitative estimate of drug-likeness (QED) is 0.319. The van der Waals surface area contributed by atoms with Gasteiger partial charge in [0.15, 0.2) is 0 Å². The summed E-state index contributed by atoms with van der Waals surface area (Å²) in [5.41, 5.74) is 1.02. The zero-order valence-electron chi connectivity index (χ0n) is 23.3. The Morgan fingerprint density at radius 2 is 1.66 bits per heavy atom. The van der Waals surface area contributed by atoms with Gasteiger partial charge in [-0.1, -0.05) is 61.2 Å². The fraction of sp³-hybridized carbons (Fsp3) is 0.355. The summed E-state index contributed by atoms with van der Waals surface area (Å²) in [6.07, 6.45) is 5.07. The van der Waals surface area contributed by atoms with E-state index >= 15 is 0 Å². The molecule has 218 valence electrons. The molecule has 10 heteroatoms. The third-order valence-corrected chi connectivity index (χ3v) is 9.35. The van der Waals surface area contributed by atoms with Gasteiger partial charge in [0.05, 0.1) is 17.7 Å². The minimum absolute atomic E-state index is 0.0492. The van der Waals surface area contributed by atoms with Gasteiger partial charge in [-0.05, 0) is 73.9 Å². The van der Waals surface area contributed by atoms with Gasteiger partial charge in [0.2, 0.25) is 11.8 Å². The molecule has 1 aliphatic rings. The van der Waals surface area contributed by atoms with E-state index in [0.717, 1.165) is 42.0 Å². The summed E-state index contributed by atoms with van der Waals surface area (Å²) in [5, 5.41) is 3.60. The zero-order chi connectivity index (χ0) is 29.4.